The van der Waals surface area contributed by atoms with Crippen LogP contribution in [0.5, 0.6) is 0 Å². The van der Waals surface area contributed by atoms with Crippen molar-refractivity contribution in [2.45, 2.75) is 58.0 Å². The van der Waals surface area contributed by atoms with E-state index in [1.54, 1.807) is 0 Å². The first-order valence-corrected chi connectivity index (χ1v) is 8.62. The summed E-state index contributed by atoms with van der Waals surface area (Å²) in [5.74, 6) is 0.944. The van der Waals surface area contributed by atoms with Crippen LogP contribution in [0.15, 0.2) is 6.20 Å². The number of thiazole rings is 1. The molecule has 1 saturated heterocycles. The Morgan fingerprint density at radius 2 is 2.26 bits per heavy atom. The third-order valence-corrected chi connectivity index (χ3v) is 5.56. The van der Waals surface area contributed by atoms with Gasteiger partial charge in [-0.15, -0.1) is 11.3 Å². The monoisotopic (exact) mass is 279 g/mol. The Balaban J connectivity index is 1.62. The Morgan fingerprint density at radius 3 is 3.16 bits per heavy atom. The van der Waals surface area contributed by atoms with Gasteiger partial charge in [-0.05, 0) is 38.1 Å². The molecule has 2 unspecified atom stereocenters. The Kier molecular flexibility index (Phi) is 4.38. The second kappa shape index (κ2) is 6.23. The summed E-state index contributed by atoms with van der Waals surface area (Å²) in [7, 11) is 0. The number of hydrogen-bond acceptors (Lipinski definition) is 4. The summed E-state index contributed by atoms with van der Waals surface area (Å²) in [6.45, 7) is 5.51. The number of aromatic nitrogens is 1. The lowest BCUT2D eigenvalue weighted by Gasteiger charge is -2.31. The van der Waals surface area contributed by atoms with Crippen molar-refractivity contribution >= 4 is 16.5 Å². The van der Waals surface area contributed by atoms with Crippen LogP contribution in [0.25, 0.3) is 0 Å². The molecule has 1 aromatic heterocycles. The topological polar surface area (TPSA) is 28.2 Å². The molecule has 1 aromatic rings. The molecule has 0 aromatic carbocycles. The van der Waals surface area contributed by atoms with Gasteiger partial charge in [-0.25, -0.2) is 4.98 Å². The molecule has 1 aliphatic carbocycles. The van der Waals surface area contributed by atoms with E-state index in [-0.39, 0.29) is 0 Å². The lowest BCUT2D eigenvalue weighted by atomic mass is 9.85. The standard InChI is InChI=1S/C15H25N3S/c1-2-8-16-10-13-11-17-15(19-13)18-9-7-12-5-3-4-6-14(12)18/h11-12,14,16H,2-10H2,1H3. The summed E-state index contributed by atoms with van der Waals surface area (Å²) in [6, 6.07) is 0.788. The first-order valence-electron chi connectivity index (χ1n) is 7.80. The lowest BCUT2D eigenvalue weighted by Crippen LogP contribution is -2.34. The maximum Gasteiger partial charge on any atom is 0.185 e. The van der Waals surface area contributed by atoms with E-state index in [4.69, 9.17) is 0 Å². The van der Waals surface area contributed by atoms with Gasteiger partial charge in [-0.3, -0.25) is 0 Å². The SMILES string of the molecule is CCCNCc1cnc(N2CCC3CCCCC32)s1. The second-order valence-corrected chi connectivity index (χ2v) is 6.97. The molecule has 3 rings (SSSR count). The first-order chi connectivity index (χ1) is 9.38. The van der Waals surface area contributed by atoms with Crippen molar-refractivity contribution in [3.8, 4) is 0 Å². The molecule has 0 bridgehead atoms. The van der Waals surface area contributed by atoms with Crippen LogP contribution < -0.4 is 10.2 Å². The predicted molar refractivity (Wildman–Crippen MR) is 81.8 cm³/mol. The number of anilines is 1. The molecule has 3 nitrogen and oxygen atoms in total. The third-order valence-electron chi connectivity index (χ3n) is 4.52. The van der Waals surface area contributed by atoms with Gasteiger partial charge in [0.1, 0.15) is 0 Å². The van der Waals surface area contributed by atoms with Crippen LogP contribution in [0.4, 0.5) is 5.13 Å². The number of nitrogens with zero attached hydrogens (tertiary/aromatic N) is 2. The van der Waals surface area contributed by atoms with Crippen molar-refractivity contribution in [3.63, 3.8) is 0 Å². The third kappa shape index (κ3) is 2.95. The summed E-state index contributed by atoms with van der Waals surface area (Å²) in [5.41, 5.74) is 0. The van der Waals surface area contributed by atoms with Crippen LogP contribution >= 0.6 is 11.3 Å². The molecule has 4 heteroatoms. The zero-order valence-corrected chi connectivity index (χ0v) is 12.7. The number of hydrogen-bond donors (Lipinski definition) is 1. The summed E-state index contributed by atoms with van der Waals surface area (Å²) in [5, 5.41) is 4.73. The number of fused-ring (bicyclic) bond motifs is 1. The van der Waals surface area contributed by atoms with E-state index in [1.807, 2.05) is 11.3 Å². The summed E-state index contributed by atoms with van der Waals surface area (Å²) in [6.07, 6.45) is 10.3. The van der Waals surface area contributed by atoms with E-state index < -0.39 is 0 Å². The highest BCUT2D eigenvalue weighted by Crippen LogP contribution is 2.39. The van der Waals surface area contributed by atoms with Crippen LogP contribution in [0.2, 0.25) is 0 Å². The minimum Gasteiger partial charge on any atom is -0.345 e. The van der Waals surface area contributed by atoms with E-state index in [1.165, 1.54) is 55.1 Å². The fourth-order valence-electron chi connectivity index (χ4n) is 3.54. The van der Waals surface area contributed by atoms with Crippen LogP contribution in [0.1, 0.15) is 50.3 Å². The molecular weight excluding hydrogens is 254 g/mol. The van der Waals surface area contributed by atoms with Gasteiger partial charge < -0.3 is 10.2 Å². The molecule has 1 N–H and O–H groups in total. The molecule has 19 heavy (non-hydrogen) atoms. The van der Waals surface area contributed by atoms with Gasteiger partial charge in [0.25, 0.3) is 0 Å². The average Bonchev–Trinajstić information content (AvgIpc) is 3.05. The summed E-state index contributed by atoms with van der Waals surface area (Å²) < 4.78 is 0. The Hall–Kier alpha value is -0.610. The van der Waals surface area contributed by atoms with Gasteiger partial charge in [0, 0.05) is 30.2 Å². The van der Waals surface area contributed by atoms with Gasteiger partial charge in [-0.2, -0.15) is 0 Å². The highest BCUT2D eigenvalue weighted by Gasteiger charge is 2.36. The Bertz CT molecular complexity index is 404. The molecule has 106 valence electrons. The van der Waals surface area contributed by atoms with Crippen molar-refractivity contribution in [1.82, 2.24) is 10.3 Å². The minimum absolute atomic E-state index is 0.788. The molecule has 0 spiro atoms. The van der Waals surface area contributed by atoms with Crippen LogP contribution in [-0.4, -0.2) is 24.1 Å². The predicted octanol–water partition coefficient (Wildman–Crippen LogP) is 3.41. The molecular formula is C15H25N3S. The zero-order chi connectivity index (χ0) is 13.1. The van der Waals surface area contributed by atoms with Crippen molar-refractivity contribution < 1.29 is 0 Å². The summed E-state index contributed by atoms with van der Waals surface area (Å²) in [4.78, 5) is 8.64. The lowest BCUT2D eigenvalue weighted by molar-refractivity contribution is 0.342. The van der Waals surface area contributed by atoms with Gasteiger partial charge >= 0.3 is 0 Å². The molecule has 0 amide bonds. The van der Waals surface area contributed by atoms with Crippen LogP contribution in [-0.2, 0) is 6.54 Å². The quantitative estimate of drug-likeness (QED) is 0.837. The van der Waals surface area contributed by atoms with Gasteiger partial charge in [0.15, 0.2) is 5.13 Å². The Labute approximate surface area is 120 Å². The van der Waals surface area contributed by atoms with E-state index in [2.05, 4.69) is 28.3 Å². The first kappa shape index (κ1) is 13.4. The summed E-state index contributed by atoms with van der Waals surface area (Å²) >= 11 is 1.89. The average molecular weight is 279 g/mol. The molecule has 2 fully saturated rings. The van der Waals surface area contributed by atoms with Crippen molar-refractivity contribution in [2.24, 2.45) is 5.92 Å². The van der Waals surface area contributed by atoms with E-state index in [9.17, 15) is 0 Å². The smallest absolute Gasteiger partial charge is 0.185 e. The largest absolute Gasteiger partial charge is 0.345 e. The molecule has 1 saturated carbocycles. The Morgan fingerprint density at radius 1 is 1.37 bits per heavy atom. The van der Waals surface area contributed by atoms with Crippen LogP contribution in [0, 0.1) is 5.92 Å². The highest BCUT2D eigenvalue weighted by atomic mass is 32.1. The normalized spacial score (nSPS) is 26.7. The highest BCUT2D eigenvalue weighted by molar-refractivity contribution is 7.15. The zero-order valence-electron chi connectivity index (χ0n) is 11.9. The molecule has 2 atom stereocenters. The van der Waals surface area contributed by atoms with Gasteiger partial charge in [0.2, 0.25) is 0 Å². The number of nitrogens with one attached hydrogen (secondary N) is 1. The fourth-order valence-corrected chi connectivity index (χ4v) is 4.51. The molecule has 2 aliphatic rings. The van der Waals surface area contributed by atoms with E-state index in [0.29, 0.717) is 0 Å². The second-order valence-electron chi connectivity index (χ2n) is 5.88. The van der Waals surface area contributed by atoms with Gasteiger partial charge in [0.05, 0.1) is 0 Å². The number of rotatable bonds is 5. The van der Waals surface area contributed by atoms with Gasteiger partial charge in [-0.1, -0.05) is 19.8 Å². The van der Waals surface area contributed by atoms with Crippen molar-refractivity contribution in [1.29, 1.82) is 0 Å². The molecule has 0 radical (unpaired) electrons. The fraction of sp³-hybridized carbons (Fsp3) is 0.800. The molecule has 2 heterocycles. The van der Waals surface area contributed by atoms with E-state index >= 15 is 0 Å². The maximum absolute atomic E-state index is 4.67. The minimum atomic E-state index is 0.788. The maximum atomic E-state index is 4.67. The van der Waals surface area contributed by atoms with Crippen molar-refractivity contribution in [2.75, 3.05) is 18.0 Å². The van der Waals surface area contributed by atoms with Crippen molar-refractivity contribution in [3.05, 3.63) is 11.1 Å². The molecule has 1 aliphatic heterocycles. The van der Waals surface area contributed by atoms with E-state index in [0.717, 1.165) is 25.0 Å². The van der Waals surface area contributed by atoms with Crippen LogP contribution in [0.3, 0.4) is 0 Å².